The number of anilines is 1. The second kappa shape index (κ2) is 9.00. The van der Waals surface area contributed by atoms with E-state index in [2.05, 4.69) is 37.1 Å². The van der Waals surface area contributed by atoms with Gasteiger partial charge in [0.15, 0.2) is 0 Å². The van der Waals surface area contributed by atoms with Gasteiger partial charge in [0.25, 0.3) is 0 Å². The zero-order valence-electron chi connectivity index (χ0n) is 12.2. The summed E-state index contributed by atoms with van der Waals surface area (Å²) >= 11 is 4.16. The molecule has 0 bridgehead atoms. The van der Waals surface area contributed by atoms with Gasteiger partial charge in [0.2, 0.25) is 5.91 Å². The lowest BCUT2D eigenvalue weighted by atomic mass is 9.98. The SMILES string of the molecule is CC[C@H](C)[C@@H](NCC(N)CS)C(=O)Nc1ccccc1. The van der Waals surface area contributed by atoms with Gasteiger partial charge < -0.3 is 16.4 Å². The quantitative estimate of drug-likeness (QED) is 0.554. The van der Waals surface area contributed by atoms with Gasteiger partial charge in [0, 0.05) is 24.0 Å². The lowest BCUT2D eigenvalue weighted by Crippen LogP contribution is -2.49. The van der Waals surface area contributed by atoms with Crippen LogP contribution in [0.3, 0.4) is 0 Å². The first-order valence-corrected chi connectivity index (χ1v) is 7.67. The molecule has 0 saturated heterocycles. The van der Waals surface area contributed by atoms with Crippen molar-refractivity contribution in [1.82, 2.24) is 5.32 Å². The van der Waals surface area contributed by atoms with Gasteiger partial charge in [-0.2, -0.15) is 12.6 Å². The van der Waals surface area contributed by atoms with Crippen molar-refractivity contribution in [3.8, 4) is 0 Å². The fraction of sp³-hybridized carbons (Fsp3) is 0.533. The van der Waals surface area contributed by atoms with Gasteiger partial charge >= 0.3 is 0 Å². The summed E-state index contributed by atoms with van der Waals surface area (Å²) in [6, 6.07) is 9.19. The molecule has 0 heterocycles. The monoisotopic (exact) mass is 295 g/mol. The van der Waals surface area contributed by atoms with Crippen molar-refractivity contribution in [1.29, 1.82) is 0 Å². The largest absolute Gasteiger partial charge is 0.326 e. The number of carbonyl (C=O) groups excluding carboxylic acids is 1. The van der Waals surface area contributed by atoms with Gasteiger partial charge in [-0.3, -0.25) is 4.79 Å². The van der Waals surface area contributed by atoms with Gasteiger partial charge in [-0.15, -0.1) is 0 Å². The Morgan fingerprint density at radius 1 is 1.35 bits per heavy atom. The van der Waals surface area contributed by atoms with E-state index in [9.17, 15) is 4.79 Å². The maximum absolute atomic E-state index is 12.4. The summed E-state index contributed by atoms with van der Waals surface area (Å²) in [7, 11) is 0. The van der Waals surface area contributed by atoms with E-state index in [0.717, 1.165) is 12.1 Å². The maximum atomic E-state index is 12.4. The second-order valence-electron chi connectivity index (χ2n) is 5.07. The minimum atomic E-state index is -0.244. The van der Waals surface area contributed by atoms with E-state index in [1.165, 1.54) is 0 Å². The third-order valence-corrected chi connectivity index (χ3v) is 3.84. The second-order valence-corrected chi connectivity index (χ2v) is 5.43. The Labute approximate surface area is 126 Å². The van der Waals surface area contributed by atoms with Crippen LogP contribution in [0.5, 0.6) is 0 Å². The van der Waals surface area contributed by atoms with E-state index in [1.807, 2.05) is 30.3 Å². The number of carbonyl (C=O) groups is 1. The van der Waals surface area contributed by atoms with Crippen molar-refractivity contribution in [3.63, 3.8) is 0 Å². The molecule has 1 unspecified atom stereocenters. The average molecular weight is 295 g/mol. The molecule has 1 aromatic carbocycles. The number of para-hydroxylation sites is 1. The van der Waals surface area contributed by atoms with Crippen LogP contribution in [0.4, 0.5) is 5.69 Å². The van der Waals surface area contributed by atoms with E-state index < -0.39 is 0 Å². The zero-order chi connectivity index (χ0) is 15.0. The number of nitrogens with two attached hydrogens (primary N) is 1. The summed E-state index contributed by atoms with van der Waals surface area (Å²) < 4.78 is 0. The number of thiol groups is 1. The van der Waals surface area contributed by atoms with Crippen molar-refractivity contribution in [2.45, 2.75) is 32.4 Å². The fourth-order valence-corrected chi connectivity index (χ4v) is 2.00. The van der Waals surface area contributed by atoms with Gasteiger partial charge in [-0.05, 0) is 18.1 Å². The molecule has 5 heteroatoms. The van der Waals surface area contributed by atoms with Crippen LogP contribution in [0.15, 0.2) is 30.3 Å². The molecule has 20 heavy (non-hydrogen) atoms. The Bertz CT molecular complexity index is 399. The number of hydrogen-bond acceptors (Lipinski definition) is 4. The highest BCUT2D eigenvalue weighted by molar-refractivity contribution is 7.80. The van der Waals surface area contributed by atoms with Crippen LogP contribution in [0.25, 0.3) is 0 Å². The molecule has 112 valence electrons. The highest BCUT2D eigenvalue weighted by Gasteiger charge is 2.24. The van der Waals surface area contributed by atoms with Crippen LogP contribution < -0.4 is 16.4 Å². The molecule has 0 aromatic heterocycles. The van der Waals surface area contributed by atoms with Crippen LogP contribution in [0.1, 0.15) is 20.3 Å². The average Bonchev–Trinajstić information content (AvgIpc) is 2.47. The minimum absolute atomic E-state index is 0.0167. The first kappa shape index (κ1) is 17.0. The molecule has 0 aliphatic heterocycles. The van der Waals surface area contributed by atoms with E-state index in [-0.39, 0.29) is 23.9 Å². The number of hydrogen-bond donors (Lipinski definition) is 4. The molecule has 4 N–H and O–H groups in total. The molecule has 4 nitrogen and oxygen atoms in total. The van der Waals surface area contributed by atoms with Crippen LogP contribution in [0, 0.1) is 5.92 Å². The molecule has 1 rings (SSSR count). The van der Waals surface area contributed by atoms with Crippen molar-refractivity contribution in [2.75, 3.05) is 17.6 Å². The molecule has 0 saturated carbocycles. The van der Waals surface area contributed by atoms with Crippen molar-refractivity contribution in [3.05, 3.63) is 30.3 Å². The Kier molecular flexibility index (Phi) is 7.65. The highest BCUT2D eigenvalue weighted by Crippen LogP contribution is 2.12. The summed E-state index contributed by atoms with van der Waals surface area (Å²) in [5.74, 6) is 0.823. The van der Waals surface area contributed by atoms with E-state index in [1.54, 1.807) is 0 Å². The maximum Gasteiger partial charge on any atom is 0.241 e. The van der Waals surface area contributed by atoms with E-state index in [4.69, 9.17) is 5.73 Å². The van der Waals surface area contributed by atoms with E-state index in [0.29, 0.717) is 12.3 Å². The minimum Gasteiger partial charge on any atom is -0.326 e. The number of rotatable bonds is 8. The molecule has 0 fully saturated rings. The molecule has 3 atom stereocenters. The van der Waals surface area contributed by atoms with Crippen molar-refractivity contribution >= 4 is 24.2 Å². The highest BCUT2D eigenvalue weighted by atomic mass is 32.1. The smallest absolute Gasteiger partial charge is 0.241 e. The topological polar surface area (TPSA) is 67.1 Å². The summed E-state index contributed by atoms with van der Waals surface area (Å²) in [4.78, 5) is 12.4. The van der Waals surface area contributed by atoms with Gasteiger partial charge in [0.1, 0.15) is 0 Å². The molecule has 1 amide bonds. The predicted molar refractivity (Wildman–Crippen MR) is 88.1 cm³/mol. The molecule has 0 aliphatic carbocycles. The van der Waals surface area contributed by atoms with Gasteiger partial charge in [-0.1, -0.05) is 38.5 Å². The third kappa shape index (κ3) is 5.53. The third-order valence-electron chi connectivity index (χ3n) is 3.37. The Morgan fingerprint density at radius 2 is 2.00 bits per heavy atom. The molecule has 0 spiro atoms. The van der Waals surface area contributed by atoms with Gasteiger partial charge in [-0.25, -0.2) is 0 Å². The summed E-state index contributed by atoms with van der Waals surface area (Å²) in [6.07, 6.45) is 0.927. The van der Waals surface area contributed by atoms with Crippen LogP contribution in [-0.4, -0.2) is 30.3 Å². The van der Waals surface area contributed by atoms with Crippen LogP contribution in [-0.2, 0) is 4.79 Å². The fourth-order valence-electron chi connectivity index (χ4n) is 1.87. The zero-order valence-corrected chi connectivity index (χ0v) is 13.1. The first-order chi connectivity index (χ1) is 9.58. The van der Waals surface area contributed by atoms with Crippen molar-refractivity contribution in [2.24, 2.45) is 11.7 Å². The molecule has 0 radical (unpaired) electrons. The van der Waals surface area contributed by atoms with Crippen LogP contribution >= 0.6 is 12.6 Å². The van der Waals surface area contributed by atoms with Crippen LogP contribution in [0.2, 0.25) is 0 Å². The molecule has 0 aliphatic rings. The molecular formula is C15H25N3OS. The summed E-state index contributed by atoms with van der Waals surface area (Å²) in [6.45, 7) is 4.73. The van der Waals surface area contributed by atoms with Crippen molar-refractivity contribution < 1.29 is 4.79 Å². The van der Waals surface area contributed by atoms with E-state index >= 15 is 0 Å². The molecular weight excluding hydrogens is 270 g/mol. The number of nitrogens with one attached hydrogen (secondary N) is 2. The Morgan fingerprint density at radius 3 is 2.55 bits per heavy atom. The Balaban J connectivity index is 2.64. The van der Waals surface area contributed by atoms with Gasteiger partial charge in [0.05, 0.1) is 6.04 Å². The predicted octanol–water partition coefficient (Wildman–Crippen LogP) is 1.89. The lowest BCUT2D eigenvalue weighted by molar-refractivity contribution is -0.119. The normalized spacial score (nSPS) is 15.4. The first-order valence-electron chi connectivity index (χ1n) is 7.04. The standard InChI is InChI=1S/C15H25N3OS/c1-3-11(2)14(17-9-12(16)10-20)15(19)18-13-7-5-4-6-8-13/h4-8,11-12,14,17,20H,3,9-10,16H2,1-2H3,(H,18,19)/t11-,12?,14+/m0/s1. The Hall–Kier alpha value is -1.04. The lowest BCUT2D eigenvalue weighted by Gasteiger charge is -2.25. The number of amides is 1. The summed E-state index contributed by atoms with van der Waals surface area (Å²) in [5, 5.41) is 6.19. The summed E-state index contributed by atoms with van der Waals surface area (Å²) in [5.41, 5.74) is 6.66. The molecule has 1 aromatic rings. The number of benzene rings is 1.